The number of hydrogen-bond donors (Lipinski definition) is 0. The van der Waals surface area contributed by atoms with E-state index in [0.29, 0.717) is 0 Å². The van der Waals surface area contributed by atoms with Gasteiger partial charge in [0.15, 0.2) is 0 Å². The summed E-state index contributed by atoms with van der Waals surface area (Å²) in [5.74, 6) is 0.971. The second-order valence-corrected chi connectivity index (χ2v) is 5.32. The van der Waals surface area contributed by atoms with Gasteiger partial charge in [-0.1, -0.05) is 41.4 Å². The molecule has 0 aliphatic carbocycles. The zero-order valence-electron chi connectivity index (χ0n) is 11.5. The first-order valence-electron chi connectivity index (χ1n) is 6.52. The standard InChI is InChI=1S/C17H15ClN2/c1-12-3-9-16(10-4-12)20-11-17(19-13(20)2)14-5-7-15(18)8-6-14/h3-11H,1-2H3. The first kappa shape index (κ1) is 12.9. The van der Waals surface area contributed by atoms with Crippen molar-refractivity contribution in [3.05, 3.63) is 71.1 Å². The molecule has 0 amide bonds. The Labute approximate surface area is 123 Å². The lowest BCUT2D eigenvalue weighted by Crippen LogP contribution is -1.94. The minimum Gasteiger partial charge on any atom is -0.303 e. The third-order valence-corrected chi connectivity index (χ3v) is 3.59. The summed E-state index contributed by atoms with van der Waals surface area (Å²) >= 11 is 5.92. The average molecular weight is 283 g/mol. The highest BCUT2D eigenvalue weighted by atomic mass is 35.5. The molecule has 0 saturated carbocycles. The van der Waals surface area contributed by atoms with E-state index in [2.05, 4.69) is 46.9 Å². The van der Waals surface area contributed by atoms with E-state index in [-0.39, 0.29) is 0 Å². The van der Waals surface area contributed by atoms with Gasteiger partial charge < -0.3 is 4.57 Å². The van der Waals surface area contributed by atoms with E-state index in [1.165, 1.54) is 5.56 Å². The number of hydrogen-bond acceptors (Lipinski definition) is 1. The highest BCUT2D eigenvalue weighted by Gasteiger charge is 2.07. The minimum atomic E-state index is 0.739. The zero-order valence-corrected chi connectivity index (χ0v) is 12.2. The van der Waals surface area contributed by atoms with Crippen LogP contribution < -0.4 is 0 Å². The van der Waals surface area contributed by atoms with Gasteiger partial charge in [-0.25, -0.2) is 4.98 Å². The molecule has 0 unspecified atom stereocenters. The number of benzene rings is 2. The summed E-state index contributed by atoms with van der Waals surface area (Å²) in [6, 6.07) is 16.2. The summed E-state index contributed by atoms with van der Waals surface area (Å²) in [4.78, 5) is 4.63. The zero-order chi connectivity index (χ0) is 14.1. The number of rotatable bonds is 2. The largest absolute Gasteiger partial charge is 0.303 e. The SMILES string of the molecule is Cc1ccc(-n2cc(-c3ccc(Cl)cc3)nc2C)cc1. The molecule has 3 rings (SSSR count). The molecular weight excluding hydrogens is 268 g/mol. The van der Waals surface area contributed by atoms with Gasteiger partial charge in [-0.05, 0) is 38.1 Å². The van der Waals surface area contributed by atoms with Crippen LogP contribution in [-0.2, 0) is 0 Å². The van der Waals surface area contributed by atoms with Gasteiger partial charge in [0.2, 0.25) is 0 Å². The Morgan fingerprint density at radius 3 is 2.20 bits per heavy atom. The number of imidazole rings is 1. The van der Waals surface area contributed by atoms with Gasteiger partial charge in [0.25, 0.3) is 0 Å². The molecule has 2 aromatic carbocycles. The molecule has 2 nitrogen and oxygen atoms in total. The predicted molar refractivity (Wildman–Crippen MR) is 83.5 cm³/mol. The lowest BCUT2D eigenvalue weighted by atomic mass is 10.2. The minimum absolute atomic E-state index is 0.739. The molecule has 0 bridgehead atoms. The Kier molecular flexibility index (Phi) is 3.33. The molecule has 0 aliphatic rings. The van der Waals surface area contributed by atoms with Gasteiger partial charge >= 0.3 is 0 Å². The molecule has 100 valence electrons. The highest BCUT2D eigenvalue weighted by molar-refractivity contribution is 6.30. The molecule has 3 heteroatoms. The van der Waals surface area contributed by atoms with E-state index >= 15 is 0 Å². The highest BCUT2D eigenvalue weighted by Crippen LogP contribution is 2.23. The van der Waals surface area contributed by atoms with Gasteiger partial charge in [0, 0.05) is 22.5 Å². The molecule has 1 heterocycles. The quantitative estimate of drug-likeness (QED) is 0.659. The summed E-state index contributed by atoms with van der Waals surface area (Å²) in [6.07, 6.45) is 2.06. The topological polar surface area (TPSA) is 17.8 Å². The van der Waals surface area contributed by atoms with Crippen LogP contribution in [0.3, 0.4) is 0 Å². The molecule has 0 aliphatic heterocycles. The molecule has 0 radical (unpaired) electrons. The summed E-state index contributed by atoms with van der Waals surface area (Å²) in [5, 5.41) is 0.739. The van der Waals surface area contributed by atoms with Crippen LogP contribution in [0.4, 0.5) is 0 Å². The van der Waals surface area contributed by atoms with Crippen molar-refractivity contribution in [2.75, 3.05) is 0 Å². The summed E-state index contributed by atoms with van der Waals surface area (Å²) in [6.45, 7) is 4.10. The van der Waals surface area contributed by atoms with Gasteiger partial charge in [-0.3, -0.25) is 0 Å². The molecule has 0 spiro atoms. The monoisotopic (exact) mass is 282 g/mol. The van der Waals surface area contributed by atoms with E-state index in [1.54, 1.807) is 0 Å². The number of aromatic nitrogens is 2. The van der Waals surface area contributed by atoms with Crippen molar-refractivity contribution < 1.29 is 0 Å². The third-order valence-electron chi connectivity index (χ3n) is 3.33. The smallest absolute Gasteiger partial charge is 0.110 e. The molecule has 0 fully saturated rings. The van der Waals surface area contributed by atoms with Crippen LogP contribution in [0.2, 0.25) is 5.02 Å². The number of halogens is 1. The summed E-state index contributed by atoms with van der Waals surface area (Å²) in [7, 11) is 0. The third kappa shape index (κ3) is 2.47. The fourth-order valence-corrected chi connectivity index (χ4v) is 2.33. The van der Waals surface area contributed by atoms with Crippen LogP contribution in [0.15, 0.2) is 54.7 Å². The summed E-state index contributed by atoms with van der Waals surface area (Å²) < 4.78 is 2.10. The van der Waals surface area contributed by atoms with Gasteiger partial charge in [0.05, 0.1) is 5.69 Å². The predicted octanol–water partition coefficient (Wildman–Crippen LogP) is 4.81. The van der Waals surface area contributed by atoms with Gasteiger partial charge in [-0.15, -0.1) is 0 Å². The first-order valence-corrected chi connectivity index (χ1v) is 6.90. The van der Waals surface area contributed by atoms with Crippen molar-refractivity contribution in [2.24, 2.45) is 0 Å². The van der Waals surface area contributed by atoms with Gasteiger partial charge in [0.1, 0.15) is 5.82 Å². The van der Waals surface area contributed by atoms with Crippen molar-refractivity contribution in [1.29, 1.82) is 0 Å². The lowest BCUT2D eigenvalue weighted by Gasteiger charge is -2.04. The van der Waals surface area contributed by atoms with E-state index in [1.807, 2.05) is 31.2 Å². The fraction of sp³-hybridized carbons (Fsp3) is 0.118. The van der Waals surface area contributed by atoms with Crippen molar-refractivity contribution >= 4 is 11.6 Å². The fourth-order valence-electron chi connectivity index (χ4n) is 2.20. The normalized spacial score (nSPS) is 10.8. The Hall–Kier alpha value is -2.06. The Morgan fingerprint density at radius 2 is 1.55 bits per heavy atom. The number of nitrogens with zero attached hydrogens (tertiary/aromatic N) is 2. The molecular formula is C17H15ClN2. The van der Waals surface area contributed by atoms with Crippen LogP contribution >= 0.6 is 11.6 Å². The molecule has 0 atom stereocenters. The first-order chi connectivity index (χ1) is 9.63. The van der Waals surface area contributed by atoms with E-state index in [0.717, 1.165) is 27.8 Å². The van der Waals surface area contributed by atoms with Crippen LogP contribution in [0, 0.1) is 13.8 Å². The maximum atomic E-state index is 5.92. The number of aryl methyl sites for hydroxylation is 2. The van der Waals surface area contributed by atoms with Crippen LogP contribution in [-0.4, -0.2) is 9.55 Å². The van der Waals surface area contributed by atoms with Crippen LogP contribution in [0.25, 0.3) is 16.9 Å². The van der Waals surface area contributed by atoms with Crippen molar-refractivity contribution in [3.8, 4) is 16.9 Å². The molecule has 3 aromatic rings. The Morgan fingerprint density at radius 1 is 0.900 bits per heavy atom. The maximum absolute atomic E-state index is 5.92. The Balaban J connectivity index is 2.02. The van der Waals surface area contributed by atoms with Gasteiger partial charge in [-0.2, -0.15) is 0 Å². The van der Waals surface area contributed by atoms with Crippen molar-refractivity contribution in [3.63, 3.8) is 0 Å². The van der Waals surface area contributed by atoms with Crippen molar-refractivity contribution in [1.82, 2.24) is 9.55 Å². The summed E-state index contributed by atoms with van der Waals surface area (Å²) in [5.41, 5.74) is 4.41. The second-order valence-electron chi connectivity index (χ2n) is 4.89. The second kappa shape index (κ2) is 5.14. The molecule has 1 aromatic heterocycles. The molecule has 0 saturated heterocycles. The van der Waals surface area contributed by atoms with Crippen molar-refractivity contribution in [2.45, 2.75) is 13.8 Å². The van der Waals surface area contributed by atoms with Crippen LogP contribution in [0.5, 0.6) is 0 Å². The van der Waals surface area contributed by atoms with E-state index in [4.69, 9.17) is 11.6 Å². The van der Waals surface area contributed by atoms with Crippen LogP contribution in [0.1, 0.15) is 11.4 Å². The Bertz CT molecular complexity index is 725. The average Bonchev–Trinajstić information content (AvgIpc) is 2.82. The molecule has 0 N–H and O–H groups in total. The van der Waals surface area contributed by atoms with E-state index < -0.39 is 0 Å². The van der Waals surface area contributed by atoms with E-state index in [9.17, 15) is 0 Å². The molecule has 20 heavy (non-hydrogen) atoms. The lowest BCUT2D eigenvalue weighted by molar-refractivity contribution is 0.974. The maximum Gasteiger partial charge on any atom is 0.110 e.